The molecule has 2 fully saturated rings. The fraction of sp³-hybridized carbons (Fsp3) is 0.268. The van der Waals surface area contributed by atoms with Gasteiger partial charge in [-0.3, -0.25) is 14.5 Å². The Kier molecular flexibility index (Phi) is 8.96. The number of imide groups is 1. The average Bonchev–Trinajstić information content (AvgIpc) is 3.64. The second kappa shape index (κ2) is 13.6. The molecule has 7 heteroatoms. The number of phenolic OH excluding ortho intramolecular Hbond substituents is 1. The Morgan fingerprint density at radius 2 is 1.62 bits per heavy atom. The van der Waals surface area contributed by atoms with Crippen molar-refractivity contribution < 1.29 is 23.8 Å². The van der Waals surface area contributed by atoms with Crippen LogP contribution in [-0.4, -0.2) is 29.6 Å². The van der Waals surface area contributed by atoms with Gasteiger partial charge >= 0.3 is 0 Å². The van der Waals surface area contributed by atoms with Gasteiger partial charge in [-0.15, -0.1) is 0 Å². The van der Waals surface area contributed by atoms with Gasteiger partial charge in [-0.25, -0.2) is 4.39 Å². The molecule has 0 spiro atoms. The average molecular weight is 643 g/mol. The van der Waals surface area contributed by atoms with Crippen LogP contribution in [0.4, 0.5) is 21.5 Å². The number of phenols is 1. The number of nitrogens with one attached hydrogen (secondary N) is 1. The van der Waals surface area contributed by atoms with Crippen molar-refractivity contribution in [1.29, 1.82) is 0 Å². The van der Waals surface area contributed by atoms with Gasteiger partial charge in [-0.2, -0.15) is 0 Å². The van der Waals surface area contributed by atoms with Gasteiger partial charge in [-0.05, 0) is 96.5 Å². The van der Waals surface area contributed by atoms with Crippen molar-refractivity contribution >= 4 is 40.5 Å². The highest BCUT2D eigenvalue weighted by Crippen LogP contribution is 2.51. The second-order valence-electron chi connectivity index (χ2n) is 12.9. The van der Waals surface area contributed by atoms with Crippen molar-refractivity contribution in [1.82, 2.24) is 0 Å². The van der Waals surface area contributed by atoms with Crippen molar-refractivity contribution in [2.75, 3.05) is 16.8 Å². The van der Waals surface area contributed by atoms with Crippen LogP contribution in [0.25, 0.3) is 11.6 Å². The van der Waals surface area contributed by atoms with E-state index in [4.69, 9.17) is 4.74 Å². The number of ether oxygens (including phenoxy) is 1. The van der Waals surface area contributed by atoms with E-state index in [1.165, 1.54) is 28.2 Å². The Morgan fingerprint density at radius 1 is 0.917 bits per heavy atom. The molecule has 0 radical (unpaired) electrons. The summed E-state index contributed by atoms with van der Waals surface area (Å²) in [5, 5.41) is 13.0. The van der Waals surface area contributed by atoms with Gasteiger partial charge in [0.2, 0.25) is 11.8 Å². The second-order valence-corrected chi connectivity index (χ2v) is 12.9. The molecule has 0 aromatic heterocycles. The van der Waals surface area contributed by atoms with E-state index in [2.05, 4.69) is 12.2 Å². The molecule has 2 aliphatic heterocycles. The summed E-state index contributed by atoms with van der Waals surface area (Å²) < 4.78 is 20.7. The zero-order valence-corrected chi connectivity index (χ0v) is 26.9. The van der Waals surface area contributed by atoms with Crippen LogP contribution in [0.5, 0.6) is 5.75 Å². The number of benzene rings is 4. The molecule has 48 heavy (non-hydrogen) atoms. The van der Waals surface area contributed by atoms with Crippen molar-refractivity contribution in [2.24, 2.45) is 17.8 Å². The number of nitrogens with zero attached hydrogens (tertiary/aromatic N) is 1. The van der Waals surface area contributed by atoms with Crippen LogP contribution < -0.4 is 10.2 Å². The Balaban J connectivity index is 1.12. The monoisotopic (exact) mass is 642 g/mol. The van der Waals surface area contributed by atoms with Gasteiger partial charge in [0.15, 0.2) is 11.6 Å². The predicted molar refractivity (Wildman–Crippen MR) is 187 cm³/mol. The lowest BCUT2D eigenvalue weighted by Crippen LogP contribution is -2.34. The molecule has 3 aliphatic rings. The number of anilines is 3. The number of halogens is 1. The third kappa shape index (κ3) is 6.18. The fourth-order valence-electron chi connectivity index (χ4n) is 7.70. The number of para-hydroxylation sites is 1. The molecule has 4 atom stereocenters. The molecule has 4 aromatic carbocycles. The van der Waals surface area contributed by atoms with E-state index in [1.54, 1.807) is 6.07 Å². The van der Waals surface area contributed by atoms with Gasteiger partial charge in [0.25, 0.3) is 0 Å². The maximum absolute atomic E-state index is 14.2. The largest absolute Gasteiger partial charge is 0.505 e. The van der Waals surface area contributed by atoms with E-state index >= 15 is 0 Å². The highest BCUT2D eigenvalue weighted by Gasteiger charge is 2.57. The number of rotatable bonds is 10. The Morgan fingerprint density at radius 3 is 2.33 bits per heavy atom. The van der Waals surface area contributed by atoms with Gasteiger partial charge in [-0.1, -0.05) is 79.6 Å². The molecule has 0 saturated carbocycles. The predicted octanol–water partition coefficient (Wildman–Crippen LogP) is 8.92. The molecular weight excluding hydrogens is 603 g/mol. The highest BCUT2D eigenvalue weighted by atomic mass is 19.1. The highest BCUT2D eigenvalue weighted by molar-refractivity contribution is 6.22. The molecule has 2 N–H and O–H groups in total. The van der Waals surface area contributed by atoms with Crippen molar-refractivity contribution in [3.63, 3.8) is 0 Å². The van der Waals surface area contributed by atoms with Crippen LogP contribution >= 0.6 is 0 Å². The fourth-order valence-corrected chi connectivity index (χ4v) is 7.70. The maximum Gasteiger partial charge on any atom is 0.238 e. The number of amides is 2. The summed E-state index contributed by atoms with van der Waals surface area (Å²) in [4.78, 5) is 29.4. The molecule has 0 bridgehead atoms. The Hall–Kier alpha value is -5.01. The number of carbonyl (C=O) groups excluding carboxylic acids is 2. The summed E-state index contributed by atoms with van der Waals surface area (Å²) in [5.74, 6) is -2.26. The summed E-state index contributed by atoms with van der Waals surface area (Å²) in [6.45, 7) is 2.56. The topological polar surface area (TPSA) is 78.9 Å². The van der Waals surface area contributed by atoms with E-state index < -0.39 is 11.7 Å². The summed E-state index contributed by atoms with van der Waals surface area (Å²) in [6.07, 6.45) is 5.54. The Labute approximate surface area is 280 Å². The molecule has 0 unspecified atom stereocenters. The van der Waals surface area contributed by atoms with Crippen LogP contribution in [0.1, 0.15) is 50.2 Å². The van der Waals surface area contributed by atoms with E-state index in [-0.39, 0.29) is 35.5 Å². The van der Waals surface area contributed by atoms with Gasteiger partial charge < -0.3 is 15.2 Å². The van der Waals surface area contributed by atoms with Crippen molar-refractivity contribution in [3.05, 3.63) is 131 Å². The van der Waals surface area contributed by atoms with Crippen molar-refractivity contribution in [2.45, 2.75) is 45.1 Å². The number of allylic oxidation sites excluding steroid dienone is 2. The van der Waals surface area contributed by atoms with E-state index in [0.29, 0.717) is 37.1 Å². The number of carbonyl (C=O) groups is 2. The smallest absolute Gasteiger partial charge is 0.238 e. The van der Waals surface area contributed by atoms with Crippen molar-refractivity contribution in [3.8, 4) is 5.75 Å². The molecule has 4 aromatic rings. The first-order valence-electron chi connectivity index (χ1n) is 16.8. The minimum Gasteiger partial charge on any atom is -0.505 e. The van der Waals surface area contributed by atoms with E-state index in [1.807, 2.05) is 91.0 Å². The third-order valence-electron chi connectivity index (χ3n) is 9.88. The number of aromatic hydroxyl groups is 1. The lowest BCUT2D eigenvalue weighted by molar-refractivity contribution is -0.122. The summed E-state index contributed by atoms with van der Waals surface area (Å²) in [5.41, 5.74) is 7.61. The first-order chi connectivity index (χ1) is 23.4. The van der Waals surface area contributed by atoms with Crippen LogP contribution in [0.15, 0.2) is 114 Å². The lowest BCUT2D eigenvalue weighted by atomic mass is 9.68. The quantitative estimate of drug-likeness (QED) is 0.103. The molecule has 2 heterocycles. The van der Waals surface area contributed by atoms with Gasteiger partial charge in [0.1, 0.15) is 0 Å². The van der Waals surface area contributed by atoms with Crippen LogP contribution in [0, 0.1) is 23.6 Å². The number of hydrogen-bond donors (Lipinski definition) is 2. The molecule has 1 aliphatic carbocycles. The maximum atomic E-state index is 14.2. The van der Waals surface area contributed by atoms with E-state index in [0.717, 1.165) is 35.4 Å². The molecule has 2 saturated heterocycles. The van der Waals surface area contributed by atoms with Crippen LogP contribution in [0.3, 0.4) is 0 Å². The summed E-state index contributed by atoms with van der Waals surface area (Å²) >= 11 is 0. The normalized spacial score (nSPS) is 22.2. The minimum atomic E-state index is -0.658. The molecular formula is C41H39FN2O4. The molecule has 6 nitrogen and oxygen atoms in total. The lowest BCUT2D eigenvalue weighted by Gasteiger charge is -2.32. The first kappa shape index (κ1) is 31.6. The third-order valence-corrected chi connectivity index (χ3v) is 9.88. The minimum absolute atomic E-state index is 0.125. The molecule has 7 rings (SSSR count). The van der Waals surface area contributed by atoms with Gasteiger partial charge in [0, 0.05) is 17.3 Å². The number of fused-ring (bicyclic) bond motifs is 3. The summed E-state index contributed by atoms with van der Waals surface area (Å²) in [6, 6.07) is 31.7. The first-order valence-corrected chi connectivity index (χ1v) is 16.8. The zero-order valence-electron chi connectivity index (χ0n) is 26.9. The number of hydrogen-bond acceptors (Lipinski definition) is 5. The standard InChI is InChI=1S/C41H39FN2O4/c1-2-9-29-24-33-39(41(47)44(40(33)46)32-18-16-31(17-19-32)43-30-12-7-4-8-13-30)34-25-48-37(38(29)34)21-15-28(27-10-5-3-6-11-27)22-26-14-20-36(45)35(42)23-26/h3-8,10-14,16-20,22-23,33-34,37,39,43,45H,2,9,15,21,24-25H2,1H3/b28-22-/t33-,34+,37-,39-/m1/s1. The van der Waals surface area contributed by atoms with Crippen LogP contribution in [0.2, 0.25) is 0 Å². The molecule has 244 valence electrons. The Bertz CT molecular complexity index is 1870. The van der Waals surface area contributed by atoms with E-state index in [9.17, 15) is 19.1 Å². The van der Waals surface area contributed by atoms with Gasteiger partial charge in [0.05, 0.1) is 30.2 Å². The summed E-state index contributed by atoms with van der Waals surface area (Å²) in [7, 11) is 0. The van der Waals surface area contributed by atoms with Crippen LogP contribution in [-0.2, 0) is 14.3 Å². The zero-order chi connectivity index (χ0) is 33.2. The SMILES string of the molecule is CCCC1=C2[C@@H](CC/C(=C/c3ccc(O)c(F)c3)c3ccccc3)OC[C@@H]2[C@@H]2C(=O)N(c3ccc(Nc4ccccc4)cc3)C(=O)[C@@H]2C1. The molecule has 2 amide bonds.